The van der Waals surface area contributed by atoms with Crippen molar-refractivity contribution >= 4 is 0 Å². The van der Waals surface area contributed by atoms with Gasteiger partial charge in [0.05, 0.1) is 0 Å². The van der Waals surface area contributed by atoms with Crippen LogP contribution in [0.25, 0.3) is 0 Å². The van der Waals surface area contributed by atoms with E-state index >= 15 is 0 Å². The van der Waals surface area contributed by atoms with E-state index < -0.39 is 21.8 Å². The standard InChI is InChI=1S/C7H18IN4/c1-7(2,3)4-5(9)6(10)12-8-11/h12H,4,9-11H2,1-3H3/q-1/b6-5+. The van der Waals surface area contributed by atoms with Gasteiger partial charge in [-0.25, -0.2) is 0 Å². The first-order valence-corrected chi connectivity index (χ1v) is 6.02. The summed E-state index contributed by atoms with van der Waals surface area (Å²) in [7, 11) is 0. The van der Waals surface area contributed by atoms with Gasteiger partial charge < -0.3 is 0 Å². The molecule has 0 radical (unpaired) electrons. The summed E-state index contributed by atoms with van der Waals surface area (Å²) in [5.41, 5.74) is 12.2. The number of halogens is 1. The van der Waals surface area contributed by atoms with Crippen LogP contribution in [-0.2, 0) is 0 Å². The van der Waals surface area contributed by atoms with Crippen molar-refractivity contribution in [1.29, 1.82) is 0 Å². The molecule has 7 N–H and O–H groups in total. The van der Waals surface area contributed by atoms with Crippen LogP contribution in [0.1, 0.15) is 27.2 Å². The predicted molar refractivity (Wildman–Crippen MR) is 46.8 cm³/mol. The first kappa shape index (κ1) is 11.8. The fourth-order valence-corrected chi connectivity index (χ4v) is 1.47. The molecule has 0 bridgehead atoms. The topological polar surface area (TPSA) is 90.1 Å². The zero-order valence-corrected chi connectivity index (χ0v) is 9.97. The molecule has 0 rings (SSSR count). The average molecular weight is 285 g/mol. The predicted octanol–water partition coefficient (Wildman–Crippen LogP) is -3.02. The van der Waals surface area contributed by atoms with E-state index in [1.807, 2.05) is 0 Å². The molecular formula is C7H18IN4-. The van der Waals surface area contributed by atoms with E-state index in [1.165, 1.54) is 0 Å². The fourth-order valence-electron chi connectivity index (χ4n) is 0.786. The molecule has 0 unspecified atom stereocenters. The van der Waals surface area contributed by atoms with Crippen LogP contribution in [0.4, 0.5) is 0 Å². The molecule has 74 valence electrons. The number of hydrogen-bond acceptors (Lipinski definition) is 4. The SMILES string of the molecule is CC(C)(C)C/C(N)=C(/N)N[I-]N. The van der Waals surface area contributed by atoms with Gasteiger partial charge in [-0.1, -0.05) is 0 Å². The molecule has 0 aliphatic carbocycles. The third-order valence-electron chi connectivity index (χ3n) is 1.22. The summed E-state index contributed by atoms with van der Waals surface area (Å²) < 4.78 is 8.25. The first-order valence-electron chi connectivity index (χ1n) is 3.69. The number of nitrogens with one attached hydrogen (secondary N) is 1. The molecule has 0 atom stereocenters. The quantitative estimate of drug-likeness (QED) is 0.328. The van der Waals surface area contributed by atoms with Crippen molar-refractivity contribution in [3.8, 4) is 0 Å². The minimum atomic E-state index is -0.522. The Balaban J connectivity index is 4.17. The van der Waals surface area contributed by atoms with Crippen molar-refractivity contribution in [2.24, 2.45) is 20.8 Å². The van der Waals surface area contributed by atoms with Crippen molar-refractivity contribution in [2.75, 3.05) is 0 Å². The summed E-state index contributed by atoms with van der Waals surface area (Å²) in [5, 5.41) is 0. The number of hydrogen-bond donors (Lipinski definition) is 4. The van der Waals surface area contributed by atoms with Gasteiger partial charge in [0, 0.05) is 0 Å². The Hall–Kier alpha value is -0.170. The monoisotopic (exact) mass is 285 g/mol. The zero-order valence-electron chi connectivity index (χ0n) is 7.82. The Kier molecular flexibility index (Phi) is 4.69. The Morgan fingerprint density at radius 1 is 1.33 bits per heavy atom. The normalized spacial score (nSPS) is 14.3. The molecule has 0 saturated heterocycles. The number of allylic oxidation sites excluding steroid dienone is 1. The molecule has 0 saturated carbocycles. The second kappa shape index (κ2) is 4.76. The van der Waals surface area contributed by atoms with E-state index in [4.69, 9.17) is 15.4 Å². The summed E-state index contributed by atoms with van der Waals surface area (Å²) in [5.74, 6) is 0.542. The van der Waals surface area contributed by atoms with Crippen LogP contribution in [0.2, 0.25) is 0 Å². The molecule has 4 nitrogen and oxygen atoms in total. The minimum absolute atomic E-state index is 0.170. The van der Waals surface area contributed by atoms with E-state index in [2.05, 4.69) is 24.3 Å². The molecule has 12 heavy (non-hydrogen) atoms. The molecule has 0 heterocycles. The first-order chi connectivity index (χ1) is 5.37. The maximum atomic E-state index is 5.74. The van der Waals surface area contributed by atoms with Gasteiger partial charge in [-0.3, -0.25) is 0 Å². The van der Waals surface area contributed by atoms with E-state index in [-0.39, 0.29) is 5.41 Å². The summed E-state index contributed by atoms with van der Waals surface area (Å²) in [6.07, 6.45) is 0.787. The summed E-state index contributed by atoms with van der Waals surface area (Å²) in [6.45, 7) is 6.35. The molecule has 0 aliphatic heterocycles. The Morgan fingerprint density at radius 2 is 1.83 bits per heavy atom. The molecule has 0 spiro atoms. The van der Waals surface area contributed by atoms with Crippen molar-refractivity contribution in [3.05, 3.63) is 11.5 Å². The van der Waals surface area contributed by atoms with E-state index in [0.717, 1.165) is 6.42 Å². The molecule has 0 amide bonds. The molecule has 0 aromatic carbocycles. The molecular weight excluding hydrogens is 267 g/mol. The van der Waals surface area contributed by atoms with Gasteiger partial charge in [0.1, 0.15) is 0 Å². The van der Waals surface area contributed by atoms with Crippen molar-refractivity contribution in [1.82, 2.24) is 3.53 Å². The van der Waals surface area contributed by atoms with E-state index in [1.54, 1.807) is 0 Å². The molecule has 0 fully saturated rings. The van der Waals surface area contributed by atoms with Crippen LogP contribution in [0, 0.1) is 5.41 Å². The van der Waals surface area contributed by atoms with Gasteiger partial charge in [0.2, 0.25) is 0 Å². The second-order valence-corrected chi connectivity index (χ2v) is 5.04. The van der Waals surface area contributed by atoms with Gasteiger partial charge in [-0.15, -0.1) is 0 Å². The Labute approximate surface area is 84.9 Å². The second-order valence-electron chi connectivity index (χ2n) is 3.88. The van der Waals surface area contributed by atoms with Crippen molar-refractivity contribution in [2.45, 2.75) is 27.2 Å². The van der Waals surface area contributed by atoms with Crippen LogP contribution in [-0.4, -0.2) is 0 Å². The van der Waals surface area contributed by atoms with Gasteiger partial charge in [-0.05, 0) is 0 Å². The third kappa shape index (κ3) is 5.48. The van der Waals surface area contributed by atoms with Crippen molar-refractivity contribution < 1.29 is 21.8 Å². The number of rotatable bonds is 3. The third-order valence-corrected chi connectivity index (χ3v) is 2.12. The van der Waals surface area contributed by atoms with Crippen molar-refractivity contribution in [3.63, 3.8) is 0 Å². The van der Waals surface area contributed by atoms with Gasteiger partial charge >= 0.3 is 84.8 Å². The maximum absolute atomic E-state index is 5.74. The van der Waals surface area contributed by atoms with Gasteiger partial charge in [-0.2, -0.15) is 0 Å². The van der Waals surface area contributed by atoms with Crippen LogP contribution < -0.4 is 40.7 Å². The van der Waals surface area contributed by atoms with Crippen LogP contribution in [0.3, 0.4) is 0 Å². The van der Waals surface area contributed by atoms with E-state index in [9.17, 15) is 0 Å². The van der Waals surface area contributed by atoms with Crippen LogP contribution in [0.5, 0.6) is 0 Å². The summed E-state index contributed by atoms with van der Waals surface area (Å²) in [6, 6.07) is 0. The Morgan fingerprint density at radius 3 is 2.17 bits per heavy atom. The molecule has 0 aromatic rings. The van der Waals surface area contributed by atoms with Gasteiger partial charge in [0.15, 0.2) is 0 Å². The van der Waals surface area contributed by atoms with Crippen LogP contribution in [0.15, 0.2) is 11.5 Å². The molecule has 5 heteroatoms. The summed E-state index contributed by atoms with van der Waals surface area (Å²) >= 11 is -0.522. The zero-order chi connectivity index (χ0) is 9.78. The molecule has 0 aliphatic rings. The number of nitrogens with two attached hydrogens (primary N) is 3. The van der Waals surface area contributed by atoms with E-state index in [0.29, 0.717) is 11.5 Å². The Bertz CT molecular complexity index is 171. The fraction of sp³-hybridized carbons (Fsp3) is 0.714. The van der Waals surface area contributed by atoms with Gasteiger partial charge in [0.25, 0.3) is 0 Å². The van der Waals surface area contributed by atoms with Crippen LogP contribution >= 0.6 is 0 Å². The molecule has 0 aromatic heterocycles. The average Bonchev–Trinajstić information content (AvgIpc) is 1.84. The summed E-state index contributed by atoms with van der Waals surface area (Å²) in [4.78, 5) is 0.